The number of nitrogens with one attached hydrogen (secondary N) is 1. The summed E-state index contributed by atoms with van der Waals surface area (Å²) in [6, 6.07) is 12.8. The highest BCUT2D eigenvalue weighted by atomic mass is 19.2. The first kappa shape index (κ1) is 25.2. The van der Waals surface area contributed by atoms with Crippen molar-refractivity contribution in [1.29, 1.82) is 0 Å². The Morgan fingerprint density at radius 1 is 1.16 bits per heavy atom. The molecule has 1 heterocycles. The lowest BCUT2D eigenvalue weighted by Crippen LogP contribution is -2.39. The van der Waals surface area contributed by atoms with Crippen molar-refractivity contribution in [2.75, 3.05) is 11.9 Å². The van der Waals surface area contributed by atoms with Gasteiger partial charge in [0.1, 0.15) is 11.5 Å². The molecule has 1 unspecified atom stereocenters. The second-order valence-electron chi connectivity index (χ2n) is 8.23. The number of amides is 1. The fourth-order valence-corrected chi connectivity index (χ4v) is 3.82. The van der Waals surface area contributed by atoms with E-state index in [0.29, 0.717) is 16.8 Å². The van der Waals surface area contributed by atoms with Crippen molar-refractivity contribution in [1.82, 2.24) is 4.98 Å². The number of aliphatic hydroxyl groups is 1. The molecule has 32 heavy (non-hydrogen) atoms. The number of halogens is 2. The lowest BCUT2D eigenvalue weighted by molar-refractivity contribution is -0.0941. The Morgan fingerprint density at radius 3 is 2.50 bits per heavy atom. The molecule has 1 atom stereocenters. The van der Waals surface area contributed by atoms with Crippen molar-refractivity contribution in [2.45, 2.75) is 52.3 Å². The van der Waals surface area contributed by atoms with Gasteiger partial charge in [0.05, 0.1) is 17.7 Å². The third-order valence-electron chi connectivity index (χ3n) is 5.16. The number of para-hydroxylation sites is 1. The minimum absolute atomic E-state index is 0.0926. The molecule has 4 N–H and O–H groups in total. The molecule has 0 radical (unpaired) electrons. The smallest absolute Gasteiger partial charge is 0.267 e. The average Bonchev–Trinajstić information content (AvgIpc) is 2.74. The van der Waals surface area contributed by atoms with E-state index in [1.54, 1.807) is 44.2 Å². The van der Waals surface area contributed by atoms with Gasteiger partial charge in [0.15, 0.2) is 0 Å². The molecule has 3 aromatic rings. The second kappa shape index (κ2) is 10.0. The molecule has 0 saturated carbocycles. The number of hydrogen-bond donors (Lipinski definition) is 3. The molecule has 0 aliphatic heterocycles. The van der Waals surface area contributed by atoms with Gasteiger partial charge in [-0.25, -0.2) is 13.8 Å². The molecule has 0 fully saturated rings. The molecule has 0 saturated heterocycles. The van der Waals surface area contributed by atoms with E-state index in [1.165, 1.54) is 18.2 Å². The normalized spacial score (nSPS) is 13.1. The molecule has 7 heteroatoms. The maximum absolute atomic E-state index is 15.1. The number of carbonyl (C=O) groups is 1. The Kier molecular flexibility index (Phi) is 7.91. The fraction of sp³-hybridized carbons (Fsp3) is 0.360. The third-order valence-corrected chi connectivity index (χ3v) is 5.16. The van der Waals surface area contributed by atoms with Crippen LogP contribution in [0.3, 0.4) is 0 Å². The summed E-state index contributed by atoms with van der Waals surface area (Å²) in [6.07, 6.45) is -0.248. The van der Waals surface area contributed by atoms with Gasteiger partial charge in [0.25, 0.3) is 5.91 Å². The molecule has 1 amide bonds. The van der Waals surface area contributed by atoms with Gasteiger partial charge in [-0.1, -0.05) is 52.0 Å². The summed E-state index contributed by atoms with van der Waals surface area (Å²) in [5.74, 6) is -3.65. The quantitative estimate of drug-likeness (QED) is 0.466. The van der Waals surface area contributed by atoms with E-state index in [1.807, 2.05) is 20.8 Å². The third kappa shape index (κ3) is 6.01. The van der Waals surface area contributed by atoms with E-state index < -0.39 is 29.5 Å². The molecular weight excluding hydrogens is 412 g/mol. The topological polar surface area (TPSA) is 88.2 Å². The Bertz CT molecular complexity index is 1100. The largest absolute Gasteiger partial charge is 0.378 e. The van der Waals surface area contributed by atoms with Crippen LogP contribution in [0.2, 0.25) is 0 Å². The number of benzene rings is 2. The van der Waals surface area contributed by atoms with Gasteiger partial charge in [0.2, 0.25) is 5.85 Å². The second-order valence-corrected chi connectivity index (χ2v) is 8.23. The number of aryl methyl sites for hydroxylation is 1. The number of primary amides is 1. The lowest BCUT2D eigenvalue weighted by atomic mass is 9.77. The molecule has 0 aliphatic carbocycles. The minimum atomic E-state index is -2.58. The van der Waals surface area contributed by atoms with E-state index in [4.69, 9.17) is 5.73 Å². The Hall–Kier alpha value is -3.06. The van der Waals surface area contributed by atoms with E-state index in [9.17, 15) is 14.3 Å². The summed E-state index contributed by atoms with van der Waals surface area (Å²) in [6.45, 7) is 8.94. The van der Waals surface area contributed by atoms with Crippen LogP contribution < -0.4 is 11.1 Å². The summed E-state index contributed by atoms with van der Waals surface area (Å²) in [4.78, 5) is 15.7. The van der Waals surface area contributed by atoms with E-state index in [2.05, 4.69) is 10.3 Å². The zero-order valence-corrected chi connectivity index (χ0v) is 19.2. The monoisotopic (exact) mass is 443 g/mol. The van der Waals surface area contributed by atoms with Gasteiger partial charge in [-0.2, -0.15) is 0 Å². The summed E-state index contributed by atoms with van der Waals surface area (Å²) < 4.78 is 28.8. The molecule has 2 aromatic carbocycles. The van der Waals surface area contributed by atoms with Crippen molar-refractivity contribution in [3.63, 3.8) is 0 Å². The minimum Gasteiger partial charge on any atom is -0.378 e. The number of rotatable bonds is 7. The highest BCUT2D eigenvalue weighted by Gasteiger charge is 2.36. The van der Waals surface area contributed by atoms with E-state index >= 15 is 4.39 Å². The van der Waals surface area contributed by atoms with Gasteiger partial charge >= 0.3 is 0 Å². The highest BCUT2D eigenvalue weighted by molar-refractivity contribution is 5.96. The van der Waals surface area contributed by atoms with Gasteiger partial charge < -0.3 is 16.2 Å². The molecular formula is C25H31F2N3O2. The van der Waals surface area contributed by atoms with Crippen LogP contribution in [0.4, 0.5) is 14.5 Å². The highest BCUT2D eigenvalue weighted by Crippen LogP contribution is 2.35. The van der Waals surface area contributed by atoms with Crippen molar-refractivity contribution >= 4 is 22.5 Å². The number of alkyl halides is 1. The van der Waals surface area contributed by atoms with Gasteiger partial charge in [-0.05, 0) is 47.7 Å². The number of hydrogen-bond acceptors (Lipinski definition) is 4. The molecule has 0 spiro atoms. The molecule has 0 aliphatic rings. The first-order valence-electron chi connectivity index (χ1n) is 10.6. The summed E-state index contributed by atoms with van der Waals surface area (Å²) >= 11 is 0. The van der Waals surface area contributed by atoms with E-state index in [-0.39, 0.29) is 12.1 Å². The zero-order chi connectivity index (χ0) is 24.1. The molecule has 5 nitrogen and oxygen atoms in total. The first-order chi connectivity index (χ1) is 15.0. The van der Waals surface area contributed by atoms with Gasteiger partial charge in [0, 0.05) is 11.8 Å². The maximum Gasteiger partial charge on any atom is 0.267 e. The Morgan fingerprint density at radius 2 is 1.84 bits per heavy atom. The molecule has 3 rings (SSSR count). The predicted octanol–water partition coefficient (Wildman–Crippen LogP) is 5.25. The number of anilines is 1. The number of aromatic nitrogens is 1. The van der Waals surface area contributed by atoms with Gasteiger partial charge in [-0.3, -0.25) is 4.79 Å². The van der Waals surface area contributed by atoms with Crippen molar-refractivity contribution in [3.05, 3.63) is 71.2 Å². The Balaban J connectivity index is 0.00000176. The molecule has 172 valence electrons. The number of nitrogens with two attached hydrogens (primary N) is 1. The van der Waals surface area contributed by atoms with Crippen LogP contribution in [-0.4, -0.2) is 28.4 Å². The van der Waals surface area contributed by atoms with Crippen LogP contribution >= 0.6 is 0 Å². The lowest BCUT2D eigenvalue weighted by Gasteiger charge is -2.33. The zero-order valence-electron chi connectivity index (χ0n) is 19.2. The maximum atomic E-state index is 15.1. The standard InChI is InChI=1S/C23H25F2N3O2.C2H6/c1-14-7-9-16(24)11-17(14)22(2,3)12-23(25,30)13-27-18-6-4-5-15-8-10-19(21(26)29)28-20(15)18;1-2/h4-11,27,30H,12-13H2,1-3H3,(H2,26,29);1-2H3. The van der Waals surface area contributed by atoms with Crippen LogP contribution in [0.5, 0.6) is 0 Å². The van der Waals surface area contributed by atoms with E-state index in [0.717, 1.165) is 10.9 Å². The number of fused-ring (bicyclic) bond motifs is 1. The predicted molar refractivity (Wildman–Crippen MR) is 125 cm³/mol. The summed E-state index contributed by atoms with van der Waals surface area (Å²) in [7, 11) is 0. The average molecular weight is 444 g/mol. The van der Waals surface area contributed by atoms with Crippen molar-refractivity contribution in [3.8, 4) is 0 Å². The van der Waals surface area contributed by atoms with Crippen molar-refractivity contribution in [2.24, 2.45) is 5.73 Å². The summed E-state index contributed by atoms with van der Waals surface area (Å²) in [5, 5.41) is 14.0. The van der Waals surface area contributed by atoms with Crippen LogP contribution in [0, 0.1) is 12.7 Å². The fourth-order valence-electron chi connectivity index (χ4n) is 3.82. The number of pyridine rings is 1. The molecule has 0 bridgehead atoms. The Labute approximate surface area is 187 Å². The first-order valence-corrected chi connectivity index (χ1v) is 10.6. The van der Waals surface area contributed by atoms with Crippen LogP contribution in [0.1, 0.15) is 55.7 Å². The van der Waals surface area contributed by atoms with Gasteiger partial charge in [-0.15, -0.1) is 0 Å². The SMILES string of the molecule is CC.Cc1ccc(F)cc1C(C)(C)CC(O)(F)CNc1cccc2ccc(C(N)=O)nc12. The van der Waals surface area contributed by atoms with Crippen LogP contribution in [0.25, 0.3) is 10.9 Å². The number of nitrogens with zero attached hydrogens (tertiary/aromatic N) is 1. The summed E-state index contributed by atoms with van der Waals surface area (Å²) in [5.41, 5.74) is 6.95. The van der Waals surface area contributed by atoms with Crippen LogP contribution in [0.15, 0.2) is 48.5 Å². The van der Waals surface area contributed by atoms with Crippen LogP contribution in [-0.2, 0) is 5.41 Å². The number of carbonyl (C=O) groups excluding carboxylic acids is 1. The van der Waals surface area contributed by atoms with Crippen molar-refractivity contribution < 1.29 is 18.7 Å². The molecule has 1 aromatic heterocycles.